The van der Waals surface area contributed by atoms with E-state index < -0.39 is 36.0 Å². The first kappa shape index (κ1) is 24.5. The van der Waals surface area contributed by atoms with Gasteiger partial charge in [0.2, 0.25) is 0 Å². The topological polar surface area (TPSA) is 92.8 Å². The molecular formula is C25H27ClN2O5. The van der Waals surface area contributed by atoms with E-state index in [-0.39, 0.29) is 5.78 Å². The van der Waals surface area contributed by atoms with Crippen LogP contribution in [-0.4, -0.2) is 48.2 Å². The summed E-state index contributed by atoms with van der Waals surface area (Å²) in [6.07, 6.45) is 2.29. The average molecular weight is 471 g/mol. The molecule has 0 aromatic heterocycles. The third kappa shape index (κ3) is 5.25. The lowest BCUT2D eigenvalue weighted by molar-refractivity contribution is -0.158. The van der Waals surface area contributed by atoms with Crippen molar-refractivity contribution in [3.8, 4) is 0 Å². The van der Waals surface area contributed by atoms with E-state index in [0.717, 1.165) is 12.8 Å². The predicted molar refractivity (Wildman–Crippen MR) is 124 cm³/mol. The molecule has 0 bridgehead atoms. The fourth-order valence-electron chi connectivity index (χ4n) is 4.13. The smallest absolute Gasteiger partial charge is 0.328 e. The van der Waals surface area contributed by atoms with Crippen LogP contribution in [-0.2, 0) is 24.7 Å². The summed E-state index contributed by atoms with van der Waals surface area (Å²) in [5, 5.41) is 2.95. The van der Waals surface area contributed by atoms with E-state index in [1.807, 2.05) is 0 Å². The Balaban J connectivity index is 1.68. The largest absolute Gasteiger partial charge is 0.454 e. The second-order valence-electron chi connectivity index (χ2n) is 8.09. The summed E-state index contributed by atoms with van der Waals surface area (Å²) in [5.41, 5.74) is -0.222. The number of likely N-dealkylation sites (N-methyl/N-ethyl adjacent to an activating group) is 1. The molecule has 0 radical (unpaired) electrons. The van der Waals surface area contributed by atoms with Gasteiger partial charge in [0.25, 0.3) is 11.8 Å². The first-order valence-electron chi connectivity index (χ1n) is 10.8. The van der Waals surface area contributed by atoms with Gasteiger partial charge in [-0.15, -0.1) is 0 Å². The van der Waals surface area contributed by atoms with Gasteiger partial charge >= 0.3 is 5.97 Å². The number of nitrogens with one attached hydrogen (secondary N) is 1. The SMILES string of the molecule is C[C@H](NC(=O)c1ccccc1)C(=O)OCC(=O)N(C)[C@]1(c2ccccc2Cl)CCCCC1=O. The lowest BCUT2D eigenvalue weighted by atomic mass is 9.74. The van der Waals surface area contributed by atoms with Crippen molar-refractivity contribution in [2.45, 2.75) is 44.2 Å². The van der Waals surface area contributed by atoms with Gasteiger partial charge < -0.3 is 15.0 Å². The molecule has 0 aliphatic heterocycles. The zero-order chi connectivity index (χ0) is 24.0. The van der Waals surface area contributed by atoms with Crippen LogP contribution < -0.4 is 5.32 Å². The van der Waals surface area contributed by atoms with Gasteiger partial charge in [0.1, 0.15) is 11.6 Å². The van der Waals surface area contributed by atoms with Gasteiger partial charge in [0.05, 0.1) is 0 Å². The molecule has 8 heteroatoms. The first-order valence-corrected chi connectivity index (χ1v) is 11.2. The van der Waals surface area contributed by atoms with Gasteiger partial charge in [-0.25, -0.2) is 4.79 Å². The van der Waals surface area contributed by atoms with Gasteiger partial charge in [-0.2, -0.15) is 0 Å². The minimum atomic E-state index is -1.20. The van der Waals surface area contributed by atoms with Gasteiger partial charge in [-0.3, -0.25) is 14.4 Å². The minimum absolute atomic E-state index is 0.0903. The van der Waals surface area contributed by atoms with E-state index in [1.165, 1.54) is 18.9 Å². The molecule has 0 heterocycles. The van der Waals surface area contributed by atoms with Crippen LogP contribution in [0.3, 0.4) is 0 Å². The highest BCUT2D eigenvalue weighted by atomic mass is 35.5. The molecule has 3 rings (SSSR count). The molecule has 7 nitrogen and oxygen atoms in total. The Labute approximate surface area is 198 Å². The molecule has 0 spiro atoms. The maximum Gasteiger partial charge on any atom is 0.328 e. The van der Waals surface area contributed by atoms with Crippen LogP contribution in [0.25, 0.3) is 0 Å². The number of carbonyl (C=O) groups is 4. The molecule has 1 saturated carbocycles. The van der Waals surface area contributed by atoms with E-state index in [1.54, 1.807) is 54.6 Å². The molecule has 2 amide bonds. The van der Waals surface area contributed by atoms with Crippen molar-refractivity contribution in [3.05, 3.63) is 70.7 Å². The van der Waals surface area contributed by atoms with Crippen LogP contribution in [0.1, 0.15) is 48.5 Å². The van der Waals surface area contributed by atoms with Gasteiger partial charge in [-0.1, -0.05) is 48.0 Å². The number of halogens is 1. The first-order chi connectivity index (χ1) is 15.8. The number of carbonyl (C=O) groups excluding carboxylic acids is 4. The number of hydrogen-bond acceptors (Lipinski definition) is 5. The second kappa shape index (κ2) is 10.6. The van der Waals surface area contributed by atoms with Crippen molar-refractivity contribution >= 4 is 35.2 Å². The summed E-state index contributed by atoms with van der Waals surface area (Å²) in [5.74, 6) is -1.79. The minimum Gasteiger partial charge on any atom is -0.454 e. The summed E-state index contributed by atoms with van der Waals surface area (Å²) in [7, 11) is 1.53. The van der Waals surface area contributed by atoms with Crippen LogP contribution in [0.5, 0.6) is 0 Å². The summed E-state index contributed by atoms with van der Waals surface area (Å²) in [6, 6.07) is 14.5. The van der Waals surface area contributed by atoms with E-state index in [2.05, 4.69) is 5.32 Å². The molecule has 174 valence electrons. The number of rotatable bonds is 7. The standard InChI is InChI=1S/C25H27ClN2O5/c1-17(27-23(31)18-10-4-3-5-11-18)24(32)33-16-22(30)28(2)25(15-9-8-14-21(25)29)19-12-6-7-13-20(19)26/h3-7,10-13,17H,8-9,14-16H2,1-2H3,(H,27,31)/t17-,25-/m0/s1. The lowest BCUT2D eigenvalue weighted by Crippen LogP contribution is -2.55. The lowest BCUT2D eigenvalue weighted by Gasteiger charge is -2.43. The Hall–Kier alpha value is -3.19. The van der Waals surface area contributed by atoms with Gasteiger partial charge in [0.15, 0.2) is 12.4 Å². The summed E-state index contributed by atoms with van der Waals surface area (Å²) in [4.78, 5) is 52.1. The highest BCUT2D eigenvalue weighted by Crippen LogP contribution is 2.42. The van der Waals surface area contributed by atoms with Crippen molar-refractivity contribution in [2.75, 3.05) is 13.7 Å². The van der Waals surface area contributed by atoms with E-state index in [9.17, 15) is 19.2 Å². The Morgan fingerprint density at radius 1 is 1.09 bits per heavy atom. The molecule has 0 saturated heterocycles. The number of benzene rings is 2. The average Bonchev–Trinajstić information content (AvgIpc) is 2.83. The molecule has 1 N–H and O–H groups in total. The van der Waals surface area contributed by atoms with Crippen molar-refractivity contribution in [1.82, 2.24) is 10.2 Å². The number of ether oxygens (including phenoxy) is 1. The number of hydrogen-bond donors (Lipinski definition) is 1. The third-order valence-corrected chi connectivity index (χ3v) is 6.32. The molecule has 1 fully saturated rings. The molecule has 2 aromatic carbocycles. The number of Topliss-reactive ketones (excluding diaryl/α,β-unsaturated/α-hetero) is 1. The number of amides is 2. The Bertz CT molecular complexity index is 1040. The quantitative estimate of drug-likeness (QED) is 0.625. The molecule has 1 aliphatic rings. The van der Waals surface area contributed by atoms with Crippen LogP contribution in [0.4, 0.5) is 0 Å². The summed E-state index contributed by atoms with van der Waals surface area (Å²) >= 11 is 6.41. The monoisotopic (exact) mass is 470 g/mol. The molecule has 0 unspecified atom stereocenters. The summed E-state index contributed by atoms with van der Waals surface area (Å²) < 4.78 is 5.17. The Kier molecular flexibility index (Phi) is 7.87. The number of esters is 1. The highest BCUT2D eigenvalue weighted by Gasteiger charge is 2.48. The van der Waals surface area contributed by atoms with Gasteiger partial charge in [-0.05, 0) is 44.4 Å². The van der Waals surface area contributed by atoms with E-state index >= 15 is 0 Å². The van der Waals surface area contributed by atoms with Gasteiger partial charge in [0, 0.05) is 29.6 Å². The Morgan fingerprint density at radius 2 is 1.76 bits per heavy atom. The zero-order valence-electron chi connectivity index (χ0n) is 18.7. The molecule has 1 aliphatic carbocycles. The van der Waals surface area contributed by atoms with E-state index in [0.29, 0.717) is 29.0 Å². The molecule has 2 aromatic rings. The maximum atomic E-state index is 13.1. The van der Waals surface area contributed by atoms with Crippen molar-refractivity contribution in [2.24, 2.45) is 0 Å². The van der Waals surface area contributed by atoms with Crippen LogP contribution >= 0.6 is 11.6 Å². The third-order valence-electron chi connectivity index (χ3n) is 5.99. The fourth-order valence-corrected chi connectivity index (χ4v) is 4.42. The van der Waals surface area contributed by atoms with Crippen LogP contribution in [0, 0.1) is 0 Å². The number of ketones is 1. The summed E-state index contributed by atoms with van der Waals surface area (Å²) in [6.45, 7) is 0.924. The van der Waals surface area contributed by atoms with Crippen molar-refractivity contribution in [1.29, 1.82) is 0 Å². The normalized spacial score (nSPS) is 18.8. The highest BCUT2D eigenvalue weighted by molar-refractivity contribution is 6.31. The predicted octanol–water partition coefficient (Wildman–Crippen LogP) is 3.50. The number of nitrogens with zero attached hydrogens (tertiary/aromatic N) is 1. The van der Waals surface area contributed by atoms with Crippen LogP contribution in [0.2, 0.25) is 5.02 Å². The van der Waals surface area contributed by atoms with E-state index in [4.69, 9.17) is 16.3 Å². The van der Waals surface area contributed by atoms with Crippen molar-refractivity contribution < 1.29 is 23.9 Å². The maximum absolute atomic E-state index is 13.1. The van der Waals surface area contributed by atoms with Crippen molar-refractivity contribution in [3.63, 3.8) is 0 Å². The van der Waals surface area contributed by atoms with Crippen LogP contribution in [0.15, 0.2) is 54.6 Å². The zero-order valence-corrected chi connectivity index (χ0v) is 19.4. The molecule has 2 atom stereocenters. The molecular weight excluding hydrogens is 444 g/mol. The second-order valence-corrected chi connectivity index (χ2v) is 8.50. The fraction of sp³-hybridized carbons (Fsp3) is 0.360. The Morgan fingerprint density at radius 3 is 2.42 bits per heavy atom. The molecule has 33 heavy (non-hydrogen) atoms.